The summed E-state index contributed by atoms with van der Waals surface area (Å²) >= 11 is 0. The predicted octanol–water partition coefficient (Wildman–Crippen LogP) is 18.4. The zero-order chi connectivity index (χ0) is 47.9. The molecule has 0 aliphatic heterocycles. The second-order valence-corrected chi connectivity index (χ2v) is 18.1. The number of hydrogen-bond donors (Lipinski definition) is 0. The normalized spacial score (nSPS) is 12.7. The number of carbonyl (C=O) groups excluding carboxylic acids is 3. The number of esters is 3. The third-order valence-electron chi connectivity index (χ3n) is 11.6. The highest BCUT2D eigenvalue weighted by molar-refractivity contribution is 5.71. The first-order valence-electron chi connectivity index (χ1n) is 27.6. The van der Waals surface area contributed by atoms with Crippen LogP contribution in [0.25, 0.3) is 0 Å². The zero-order valence-corrected chi connectivity index (χ0v) is 43.2. The van der Waals surface area contributed by atoms with E-state index < -0.39 is 6.10 Å². The third-order valence-corrected chi connectivity index (χ3v) is 11.6. The van der Waals surface area contributed by atoms with Gasteiger partial charge in [-0.2, -0.15) is 0 Å². The predicted molar refractivity (Wildman–Crippen MR) is 284 cm³/mol. The fourth-order valence-electron chi connectivity index (χ4n) is 7.52. The lowest BCUT2D eigenvalue weighted by Crippen LogP contribution is -2.30. The first-order valence-corrected chi connectivity index (χ1v) is 27.6. The fourth-order valence-corrected chi connectivity index (χ4v) is 7.52. The van der Waals surface area contributed by atoms with E-state index in [1.54, 1.807) is 0 Å². The van der Waals surface area contributed by atoms with Gasteiger partial charge in [-0.3, -0.25) is 14.4 Å². The van der Waals surface area contributed by atoms with Crippen LogP contribution in [0.4, 0.5) is 0 Å². The maximum absolute atomic E-state index is 12.8. The van der Waals surface area contributed by atoms with Gasteiger partial charge in [0.15, 0.2) is 6.10 Å². The Labute approximate surface area is 407 Å². The summed E-state index contributed by atoms with van der Waals surface area (Å²) in [6.45, 7) is 6.46. The highest BCUT2D eigenvalue weighted by Gasteiger charge is 2.19. The van der Waals surface area contributed by atoms with E-state index >= 15 is 0 Å². The van der Waals surface area contributed by atoms with Crippen molar-refractivity contribution in [1.29, 1.82) is 0 Å². The van der Waals surface area contributed by atoms with Crippen LogP contribution in [0.5, 0.6) is 0 Å². The summed E-state index contributed by atoms with van der Waals surface area (Å²) in [6, 6.07) is 0. The van der Waals surface area contributed by atoms with Gasteiger partial charge in [0.1, 0.15) is 13.2 Å². The van der Waals surface area contributed by atoms with Gasteiger partial charge in [-0.1, -0.05) is 241 Å². The number of unbranched alkanes of at least 4 members (excludes halogenated alkanes) is 24. The average Bonchev–Trinajstić information content (AvgIpc) is 3.31. The first kappa shape index (κ1) is 62.6. The van der Waals surface area contributed by atoms with Gasteiger partial charge in [-0.05, 0) is 83.5 Å². The Bertz CT molecular complexity index is 1290. The molecule has 0 amide bonds. The van der Waals surface area contributed by atoms with Gasteiger partial charge in [0.05, 0.1) is 0 Å². The topological polar surface area (TPSA) is 78.9 Å². The van der Waals surface area contributed by atoms with Gasteiger partial charge in [0.25, 0.3) is 0 Å². The van der Waals surface area contributed by atoms with Crippen molar-refractivity contribution in [3.8, 4) is 0 Å². The van der Waals surface area contributed by atoms with Gasteiger partial charge >= 0.3 is 17.9 Å². The molecule has 0 heterocycles. The monoisotopic (exact) mass is 919 g/mol. The second kappa shape index (κ2) is 54.2. The van der Waals surface area contributed by atoms with Crippen LogP contribution in [0.2, 0.25) is 0 Å². The summed E-state index contributed by atoms with van der Waals surface area (Å²) in [4.78, 5) is 38.0. The minimum Gasteiger partial charge on any atom is -0.462 e. The summed E-state index contributed by atoms with van der Waals surface area (Å²) in [7, 11) is 0. The molecule has 66 heavy (non-hydrogen) atoms. The molecule has 0 bridgehead atoms. The van der Waals surface area contributed by atoms with E-state index in [2.05, 4.69) is 99.8 Å². The van der Waals surface area contributed by atoms with Crippen molar-refractivity contribution in [2.45, 2.75) is 264 Å². The largest absolute Gasteiger partial charge is 0.462 e. The average molecular weight is 919 g/mol. The SMILES string of the molecule is CC/C=C\C/C=C\C/C=C\C/C=C\C/C=C\C/C=C\CCC(=O)OCC(COC(=O)CCCCCCCCCCCCCCC)OC(=O)CCCCCCC/C=C\CCCCCCCCC. The van der Waals surface area contributed by atoms with Crippen molar-refractivity contribution >= 4 is 17.9 Å². The van der Waals surface area contributed by atoms with Gasteiger partial charge in [0, 0.05) is 19.3 Å². The lowest BCUT2D eigenvalue weighted by atomic mass is 10.0. The summed E-state index contributed by atoms with van der Waals surface area (Å²) in [5.41, 5.74) is 0. The molecular weight excluding hydrogens is 817 g/mol. The Kier molecular flexibility index (Phi) is 51.4. The van der Waals surface area contributed by atoms with Gasteiger partial charge in [-0.15, -0.1) is 0 Å². The summed E-state index contributed by atoms with van der Waals surface area (Å²) in [6.07, 6.45) is 70.1. The Morgan fingerprint density at radius 3 is 1.02 bits per heavy atom. The lowest BCUT2D eigenvalue weighted by Gasteiger charge is -2.18. The number of rotatable bonds is 49. The number of allylic oxidation sites excluding steroid dienone is 14. The molecule has 0 saturated heterocycles. The van der Waals surface area contributed by atoms with Crippen LogP contribution in [0.1, 0.15) is 258 Å². The third kappa shape index (κ3) is 51.6. The maximum Gasteiger partial charge on any atom is 0.306 e. The van der Waals surface area contributed by atoms with Crippen LogP contribution in [0.3, 0.4) is 0 Å². The van der Waals surface area contributed by atoms with Crippen LogP contribution in [-0.4, -0.2) is 37.2 Å². The molecule has 0 fully saturated rings. The van der Waals surface area contributed by atoms with Crippen molar-refractivity contribution < 1.29 is 28.6 Å². The summed E-state index contributed by atoms with van der Waals surface area (Å²) in [5.74, 6) is -0.993. The van der Waals surface area contributed by atoms with Gasteiger partial charge < -0.3 is 14.2 Å². The number of ether oxygens (including phenoxy) is 3. The fraction of sp³-hybridized carbons (Fsp3) is 0.717. The Hall–Kier alpha value is -3.41. The molecule has 0 spiro atoms. The van der Waals surface area contributed by atoms with E-state index in [1.807, 2.05) is 6.08 Å². The van der Waals surface area contributed by atoms with Crippen molar-refractivity contribution in [2.24, 2.45) is 0 Å². The molecule has 1 atom stereocenters. The van der Waals surface area contributed by atoms with E-state index in [0.717, 1.165) is 89.9 Å². The molecule has 0 radical (unpaired) electrons. The molecule has 0 aliphatic carbocycles. The van der Waals surface area contributed by atoms with Crippen molar-refractivity contribution in [2.75, 3.05) is 13.2 Å². The first-order chi connectivity index (χ1) is 32.5. The zero-order valence-electron chi connectivity index (χ0n) is 43.2. The summed E-state index contributed by atoms with van der Waals surface area (Å²) < 4.78 is 16.8. The summed E-state index contributed by atoms with van der Waals surface area (Å²) in [5, 5.41) is 0. The molecule has 0 rings (SSSR count). The lowest BCUT2D eigenvalue weighted by molar-refractivity contribution is -0.166. The molecular formula is C60H102O6. The highest BCUT2D eigenvalue weighted by atomic mass is 16.6. The molecule has 0 aromatic rings. The quantitative estimate of drug-likeness (QED) is 0.0262. The second-order valence-electron chi connectivity index (χ2n) is 18.1. The van der Waals surface area contributed by atoms with Crippen LogP contribution < -0.4 is 0 Å². The number of carbonyl (C=O) groups is 3. The highest BCUT2D eigenvalue weighted by Crippen LogP contribution is 2.15. The molecule has 6 heteroatoms. The van der Waals surface area contributed by atoms with Gasteiger partial charge in [0.2, 0.25) is 0 Å². The van der Waals surface area contributed by atoms with Crippen LogP contribution in [-0.2, 0) is 28.6 Å². The minimum atomic E-state index is -0.809. The molecule has 0 saturated carbocycles. The van der Waals surface area contributed by atoms with Crippen LogP contribution in [0.15, 0.2) is 85.1 Å². The minimum absolute atomic E-state index is 0.101. The molecule has 0 N–H and O–H groups in total. The van der Waals surface area contributed by atoms with E-state index in [1.165, 1.54) is 122 Å². The van der Waals surface area contributed by atoms with E-state index in [-0.39, 0.29) is 37.5 Å². The Morgan fingerprint density at radius 1 is 0.318 bits per heavy atom. The van der Waals surface area contributed by atoms with E-state index in [4.69, 9.17) is 14.2 Å². The standard InChI is InChI=1S/C60H102O6/c1-4-7-10-13-16-19-22-25-27-29-30-31-33-35-38-41-44-47-50-53-59(62)65-56-57(55-64-58(61)52-49-46-43-40-37-34-24-21-18-15-12-9-6-3)66-60(63)54-51-48-45-42-39-36-32-28-26-23-20-17-14-11-8-5-2/h7,10,16,19,25,27-28,30-32,35,38,44,47,57H,4-6,8-9,11-15,17-18,20-24,26,29,33-34,36-37,39-43,45-46,48-56H2,1-3H3/b10-7-,19-16-,27-25-,31-30-,32-28-,38-35-,47-44-. The Balaban J connectivity index is 4.50. The van der Waals surface area contributed by atoms with Crippen molar-refractivity contribution in [3.63, 3.8) is 0 Å². The molecule has 6 nitrogen and oxygen atoms in total. The molecule has 0 aromatic heterocycles. The Morgan fingerprint density at radius 2 is 0.621 bits per heavy atom. The van der Waals surface area contributed by atoms with Crippen molar-refractivity contribution in [3.05, 3.63) is 85.1 Å². The van der Waals surface area contributed by atoms with Gasteiger partial charge in [-0.25, -0.2) is 0 Å². The van der Waals surface area contributed by atoms with Crippen LogP contribution in [0, 0.1) is 0 Å². The van der Waals surface area contributed by atoms with E-state index in [0.29, 0.717) is 19.3 Å². The van der Waals surface area contributed by atoms with Crippen molar-refractivity contribution in [1.82, 2.24) is 0 Å². The van der Waals surface area contributed by atoms with E-state index in [9.17, 15) is 14.4 Å². The maximum atomic E-state index is 12.8. The number of hydrogen-bond acceptors (Lipinski definition) is 6. The molecule has 378 valence electrons. The molecule has 0 aromatic carbocycles. The smallest absolute Gasteiger partial charge is 0.306 e. The molecule has 1 unspecified atom stereocenters. The van der Waals surface area contributed by atoms with Crippen LogP contribution >= 0.6 is 0 Å². The molecule has 0 aliphatic rings.